The number of carbonyl (C=O) groups is 1. The molecule has 0 aliphatic heterocycles. The Kier molecular flexibility index (Phi) is 2.93. The first-order chi connectivity index (χ1) is 6.48. The Morgan fingerprint density at radius 1 is 1.64 bits per heavy atom. The highest BCUT2D eigenvalue weighted by atomic mass is 16.5. The molecule has 0 spiro atoms. The first-order valence-electron chi connectivity index (χ1n) is 4.64. The van der Waals surface area contributed by atoms with Crippen molar-refractivity contribution in [3.05, 3.63) is 18.2 Å². The van der Waals surface area contributed by atoms with Crippen LogP contribution in [0.5, 0.6) is 0 Å². The second-order valence-electron chi connectivity index (χ2n) is 3.77. The zero-order chi connectivity index (χ0) is 10.8. The molecule has 0 bridgehead atoms. The predicted molar refractivity (Wildman–Crippen MR) is 52.9 cm³/mol. The van der Waals surface area contributed by atoms with Gasteiger partial charge in [0.2, 0.25) is 0 Å². The Hall–Kier alpha value is -1.32. The maximum absolute atomic E-state index is 11.6. The van der Waals surface area contributed by atoms with Crippen LogP contribution in [0, 0.1) is 0 Å². The SMILES string of the molecule is CCOC(=O)C(C)(C)c1cn(C)cn1. The lowest BCUT2D eigenvalue weighted by atomic mass is 9.90. The molecular weight excluding hydrogens is 180 g/mol. The third kappa shape index (κ3) is 1.95. The second-order valence-corrected chi connectivity index (χ2v) is 3.77. The number of carbonyl (C=O) groups excluding carboxylic acids is 1. The fraction of sp³-hybridized carbons (Fsp3) is 0.600. The molecule has 0 aliphatic rings. The summed E-state index contributed by atoms with van der Waals surface area (Å²) in [4.78, 5) is 15.8. The molecule has 0 radical (unpaired) electrons. The topological polar surface area (TPSA) is 44.1 Å². The summed E-state index contributed by atoms with van der Waals surface area (Å²) >= 11 is 0. The Balaban J connectivity index is 2.89. The third-order valence-corrected chi connectivity index (χ3v) is 2.13. The maximum Gasteiger partial charge on any atom is 0.317 e. The molecule has 4 heteroatoms. The highest BCUT2D eigenvalue weighted by Gasteiger charge is 2.33. The van der Waals surface area contributed by atoms with Crippen LogP contribution in [-0.4, -0.2) is 22.1 Å². The van der Waals surface area contributed by atoms with Crippen LogP contribution in [0.4, 0.5) is 0 Å². The largest absolute Gasteiger partial charge is 0.465 e. The summed E-state index contributed by atoms with van der Waals surface area (Å²) < 4.78 is 6.80. The number of aromatic nitrogens is 2. The van der Waals surface area contributed by atoms with E-state index in [0.717, 1.165) is 5.69 Å². The molecule has 1 heterocycles. The van der Waals surface area contributed by atoms with Crippen molar-refractivity contribution < 1.29 is 9.53 Å². The van der Waals surface area contributed by atoms with Gasteiger partial charge in [-0.05, 0) is 20.8 Å². The molecule has 1 aromatic rings. The van der Waals surface area contributed by atoms with E-state index < -0.39 is 5.41 Å². The van der Waals surface area contributed by atoms with Gasteiger partial charge in [0, 0.05) is 13.2 Å². The normalized spacial score (nSPS) is 11.4. The van der Waals surface area contributed by atoms with E-state index in [2.05, 4.69) is 4.98 Å². The molecule has 78 valence electrons. The van der Waals surface area contributed by atoms with Crippen molar-refractivity contribution in [2.75, 3.05) is 6.61 Å². The molecule has 1 rings (SSSR count). The van der Waals surface area contributed by atoms with Crippen molar-refractivity contribution in [1.82, 2.24) is 9.55 Å². The van der Waals surface area contributed by atoms with Crippen LogP contribution in [0.1, 0.15) is 26.5 Å². The van der Waals surface area contributed by atoms with Crippen molar-refractivity contribution >= 4 is 5.97 Å². The Labute approximate surface area is 83.9 Å². The minimum atomic E-state index is -0.669. The molecular formula is C10H16N2O2. The summed E-state index contributed by atoms with van der Waals surface area (Å²) in [7, 11) is 1.87. The van der Waals surface area contributed by atoms with Crippen LogP contribution in [0.25, 0.3) is 0 Å². The lowest BCUT2D eigenvalue weighted by Gasteiger charge is -2.19. The van der Waals surface area contributed by atoms with E-state index in [1.807, 2.05) is 31.7 Å². The Morgan fingerprint density at radius 3 is 2.71 bits per heavy atom. The monoisotopic (exact) mass is 196 g/mol. The van der Waals surface area contributed by atoms with Gasteiger partial charge >= 0.3 is 5.97 Å². The minimum absolute atomic E-state index is 0.237. The lowest BCUT2D eigenvalue weighted by Crippen LogP contribution is -2.31. The van der Waals surface area contributed by atoms with Gasteiger partial charge in [-0.3, -0.25) is 4.79 Å². The summed E-state index contributed by atoms with van der Waals surface area (Å²) in [6.45, 7) is 5.82. The van der Waals surface area contributed by atoms with Crippen molar-refractivity contribution in [3.8, 4) is 0 Å². The van der Waals surface area contributed by atoms with Gasteiger partial charge < -0.3 is 9.30 Å². The van der Waals surface area contributed by atoms with Gasteiger partial charge in [0.05, 0.1) is 18.6 Å². The molecule has 0 atom stereocenters. The number of ether oxygens (including phenoxy) is 1. The summed E-state index contributed by atoms with van der Waals surface area (Å²) in [5.41, 5.74) is 0.0653. The number of hydrogen-bond donors (Lipinski definition) is 0. The van der Waals surface area contributed by atoms with E-state index in [-0.39, 0.29) is 5.97 Å². The van der Waals surface area contributed by atoms with Crippen molar-refractivity contribution in [2.24, 2.45) is 7.05 Å². The van der Waals surface area contributed by atoms with Crippen LogP contribution in [-0.2, 0) is 22.0 Å². The Bertz CT molecular complexity index is 329. The van der Waals surface area contributed by atoms with Crippen molar-refractivity contribution in [2.45, 2.75) is 26.2 Å². The van der Waals surface area contributed by atoms with E-state index in [0.29, 0.717) is 6.61 Å². The third-order valence-electron chi connectivity index (χ3n) is 2.13. The van der Waals surface area contributed by atoms with E-state index in [1.165, 1.54) is 0 Å². The summed E-state index contributed by atoms with van der Waals surface area (Å²) in [6, 6.07) is 0. The highest BCUT2D eigenvalue weighted by molar-refractivity contribution is 5.81. The smallest absolute Gasteiger partial charge is 0.317 e. The fourth-order valence-electron chi connectivity index (χ4n) is 1.15. The zero-order valence-electron chi connectivity index (χ0n) is 9.07. The molecule has 0 saturated heterocycles. The van der Waals surface area contributed by atoms with Crippen LogP contribution in [0.3, 0.4) is 0 Å². The average Bonchev–Trinajstić information content (AvgIpc) is 2.52. The van der Waals surface area contributed by atoms with Crippen LogP contribution in [0.15, 0.2) is 12.5 Å². The van der Waals surface area contributed by atoms with Gasteiger partial charge in [-0.15, -0.1) is 0 Å². The van der Waals surface area contributed by atoms with Crippen molar-refractivity contribution in [3.63, 3.8) is 0 Å². The van der Waals surface area contributed by atoms with Crippen molar-refractivity contribution in [1.29, 1.82) is 0 Å². The van der Waals surface area contributed by atoms with Gasteiger partial charge in [0.15, 0.2) is 0 Å². The van der Waals surface area contributed by atoms with E-state index >= 15 is 0 Å². The summed E-state index contributed by atoms with van der Waals surface area (Å²) in [5, 5.41) is 0. The molecule has 0 saturated carbocycles. The molecule has 0 unspecified atom stereocenters. The second kappa shape index (κ2) is 3.82. The molecule has 0 aliphatic carbocycles. The zero-order valence-corrected chi connectivity index (χ0v) is 9.07. The molecule has 14 heavy (non-hydrogen) atoms. The Morgan fingerprint density at radius 2 is 2.29 bits per heavy atom. The molecule has 1 aromatic heterocycles. The first kappa shape index (κ1) is 10.8. The number of hydrogen-bond acceptors (Lipinski definition) is 3. The molecule has 0 N–H and O–H groups in total. The van der Waals surface area contributed by atoms with Gasteiger partial charge in [0.1, 0.15) is 5.41 Å². The summed E-state index contributed by atoms with van der Waals surface area (Å²) in [5.74, 6) is -0.237. The van der Waals surface area contributed by atoms with Crippen LogP contribution < -0.4 is 0 Å². The highest BCUT2D eigenvalue weighted by Crippen LogP contribution is 2.22. The molecule has 0 fully saturated rings. The first-order valence-corrected chi connectivity index (χ1v) is 4.64. The average molecular weight is 196 g/mol. The quantitative estimate of drug-likeness (QED) is 0.684. The number of nitrogens with zero attached hydrogens (tertiary/aromatic N) is 2. The number of imidazole rings is 1. The molecule has 0 aromatic carbocycles. The minimum Gasteiger partial charge on any atom is -0.465 e. The molecule has 0 amide bonds. The standard InChI is InChI=1S/C10H16N2O2/c1-5-14-9(13)10(2,3)8-6-12(4)7-11-8/h6-7H,5H2,1-4H3. The van der Waals surface area contributed by atoms with Gasteiger partial charge in [-0.2, -0.15) is 0 Å². The number of esters is 1. The maximum atomic E-state index is 11.6. The van der Waals surface area contributed by atoms with E-state index in [1.54, 1.807) is 13.3 Å². The van der Waals surface area contributed by atoms with Gasteiger partial charge in [-0.1, -0.05) is 0 Å². The summed E-state index contributed by atoms with van der Waals surface area (Å²) in [6.07, 6.45) is 3.51. The van der Waals surface area contributed by atoms with E-state index in [9.17, 15) is 4.79 Å². The van der Waals surface area contributed by atoms with Gasteiger partial charge in [0.25, 0.3) is 0 Å². The van der Waals surface area contributed by atoms with Crippen LogP contribution in [0.2, 0.25) is 0 Å². The predicted octanol–water partition coefficient (Wildman–Crippen LogP) is 1.26. The van der Waals surface area contributed by atoms with Crippen LogP contribution >= 0.6 is 0 Å². The fourth-order valence-corrected chi connectivity index (χ4v) is 1.15. The number of aryl methyl sites for hydroxylation is 1. The molecule has 4 nitrogen and oxygen atoms in total. The van der Waals surface area contributed by atoms with Gasteiger partial charge in [-0.25, -0.2) is 4.98 Å². The van der Waals surface area contributed by atoms with E-state index in [4.69, 9.17) is 4.74 Å². The number of rotatable bonds is 3. The lowest BCUT2D eigenvalue weighted by molar-refractivity contribution is -0.148.